The number of benzene rings is 1. The molecule has 6 heteroatoms. The number of hydrogen-bond acceptors (Lipinski definition) is 3. The van der Waals surface area contributed by atoms with Crippen molar-refractivity contribution in [3.8, 4) is 5.75 Å². The molecule has 1 N–H and O–H groups in total. The smallest absolute Gasteiger partial charge is 0.178 e. The predicted molar refractivity (Wildman–Crippen MR) is 84.8 cm³/mol. The molecule has 3 aromatic rings. The lowest BCUT2D eigenvalue weighted by Crippen LogP contribution is -1.97. The van der Waals surface area contributed by atoms with E-state index in [-0.39, 0.29) is 0 Å². The molecule has 3 nitrogen and oxygen atoms in total. The Morgan fingerprint density at radius 1 is 1.37 bits per heavy atom. The van der Waals surface area contributed by atoms with Gasteiger partial charge in [0.2, 0.25) is 0 Å². The number of fused-ring (bicyclic) bond motifs is 1. The second-order valence-corrected chi connectivity index (χ2v) is 7.04. The average molecular weight is 355 g/mol. The molecule has 0 saturated heterocycles. The Hall–Kier alpha value is -1.11. The van der Waals surface area contributed by atoms with Gasteiger partial charge in [0.1, 0.15) is 5.75 Å². The highest BCUT2D eigenvalue weighted by atomic mass is 79.9. The van der Waals surface area contributed by atoms with Crippen LogP contribution in [0, 0.1) is 4.77 Å². The van der Waals surface area contributed by atoms with E-state index < -0.39 is 0 Å². The van der Waals surface area contributed by atoms with Gasteiger partial charge in [-0.25, -0.2) is 0 Å². The third kappa shape index (κ3) is 2.48. The normalized spacial score (nSPS) is 11.1. The molecule has 0 aliphatic heterocycles. The highest BCUT2D eigenvalue weighted by Gasteiger charge is 2.07. The first kappa shape index (κ1) is 12.9. The second-order valence-electron chi connectivity index (χ2n) is 4.11. The average Bonchev–Trinajstić information content (AvgIpc) is 2.94. The van der Waals surface area contributed by atoms with E-state index in [1.807, 2.05) is 18.2 Å². The number of imidazole rings is 1. The number of nitrogens with zero attached hydrogens (tertiary/aromatic N) is 1. The zero-order chi connectivity index (χ0) is 13.4. The molecule has 98 valence electrons. The van der Waals surface area contributed by atoms with Gasteiger partial charge in [-0.15, -0.1) is 11.3 Å². The Kier molecular flexibility index (Phi) is 3.47. The largest absolute Gasteiger partial charge is 0.497 e. The number of aromatic nitrogens is 2. The van der Waals surface area contributed by atoms with Crippen LogP contribution in [0.2, 0.25) is 0 Å². The fourth-order valence-electron chi connectivity index (χ4n) is 2.02. The van der Waals surface area contributed by atoms with E-state index >= 15 is 0 Å². The van der Waals surface area contributed by atoms with E-state index in [4.69, 9.17) is 17.0 Å². The second kappa shape index (κ2) is 5.11. The van der Waals surface area contributed by atoms with Crippen molar-refractivity contribution in [1.82, 2.24) is 9.55 Å². The van der Waals surface area contributed by atoms with Crippen molar-refractivity contribution in [1.29, 1.82) is 0 Å². The number of ether oxygens (including phenoxy) is 1. The summed E-state index contributed by atoms with van der Waals surface area (Å²) in [6.45, 7) is 0.779. The summed E-state index contributed by atoms with van der Waals surface area (Å²) >= 11 is 10.6. The maximum Gasteiger partial charge on any atom is 0.178 e. The van der Waals surface area contributed by atoms with Crippen molar-refractivity contribution in [3.05, 3.63) is 43.8 Å². The number of hydrogen-bond donors (Lipinski definition) is 1. The molecule has 0 amide bonds. The van der Waals surface area contributed by atoms with Crippen molar-refractivity contribution in [2.45, 2.75) is 6.54 Å². The van der Waals surface area contributed by atoms with Gasteiger partial charge in [0.05, 0.1) is 28.5 Å². The van der Waals surface area contributed by atoms with Crippen molar-refractivity contribution in [3.63, 3.8) is 0 Å². The molecule has 0 radical (unpaired) electrons. The summed E-state index contributed by atoms with van der Waals surface area (Å²) in [5, 5.41) is 0. The van der Waals surface area contributed by atoms with Gasteiger partial charge in [-0.05, 0) is 52.4 Å². The first-order valence-electron chi connectivity index (χ1n) is 5.68. The van der Waals surface area contributed by atoms with Crippen LogP contribution in [0.5, 0.6) is 5.75 Å². The minimum absolute atomic E-state index is 0.729. The molecule has 0 fully saturated rings. The summed E-state index contributed by atoms with van der Waals surface area (Å²) in [4.78, 5) is 4.48. The van der Waals surface area contributed by atoms with E-state index in [9.17, 15) is 0 Å². The minimum atomic E-state index is 0.729. The SMILES string of the molecule is COc1ccc2c(c1)[nH]c(=S)n2Cc1ccc(Br)s1. The Labute approximate surface area is 128 Å². The van der Waals surface area contributed by atoms with Crippen LogP contribution in [0.25, 0.3) is 11.0 Å². The minimum Gasteiger partial charge on any atom is -0.497 e. The van der Waals surface area contributed by atoms with Gasteiger partial charge in [0, 0.05) is 10.9 Å². The number of thiophene rings is 1. The molecule has 3 rings (SSSR count). The number of aromatic amines is 1. The Balaban J connectivity index is 2.08. The van der Waals surface area contributed by atoms with Crippen LogP contribution >= 0.6 is 39.5 Å². The first-order valence-corrected chi connectivity index (χ1v) is 7.70. The standard InChI is InChI=1S/C13H11BrN2OS2/c1-17-8-2-4-11-10(6-8)15-13(18)16(11)7-9-3-5-12(14)19-9/h2-6H,7H2,1H3,(H,15,18). The molecule has 0 unspecified atom stereocenters. The van der Waals surface area contributed by atoms with Crippen LogP contribution in [0.15, 0.2) is 34.1 Å². The van der Waals surface area contributed by atoms with E-state index in [0.717, 1.165) is 31.9 Å². The number of nitrogens with one attached hydrogen (secondary N) is 1. The number of halogens is 1. The van der Waals surface area contributed by atoms with Gasteiger partial charge in [-0.2, -0.15) is 0 Å². The molecular formula is C13H11BrN2OS2. The van der Waals surface area contributed by atoms with Gasteiger partial charge in [0.15, 0.2) is 4.77 Å². The van der Waals surface area contributed by atoms with E-state index in [1.54, 1.807) is 18.4 Å². The predicted octanol–water partition coefficient (Wildman–Crippen LogP) is 4.58. The zero-order valence-electron chi connectivity index (χ0n) is 10.1. The van der Waals surface area contributed by atoms with Gasteiger partial charge in [-0.3, -0.25) is 0 Å². The summed E-state index contributed by atoms with van der Waals surface area (Å²) in [5.41, 5.74) is 2.09. The van der Waals surface area contributed by atoms with Crippen LogP contribution in [-0.2, 0) is 6.54 Å². The summed E-state index contributed by atoms with van der Waals surface area (Å²) in [5.74, 6) is 0.828. The molecule has 0 aliphatic carbocycles. The molecule has 19 heavy (non-hydrogen) atoms. The lowest BCUT2D eigenvalue weighted by molar-refractivity contribution is 0.415. The summed E-state index contributed by atoms with van der Waals surface area (Å²) in [7, 11) is 1.66. The van der Waals surface area contributed by atoms with Gasteiger partial charge in [0.25, 0.3) is 0 Å². The number of rotatable bonds is 3. The third-order valence-electron chi connectivity index (χ3n) is 2.92. The molecule has 2 aromatic heterocycles. The van der Waals surface area contributed by atoms with Crippen LogP contribution in [0.4, 0.5) is 0 Å². The monoisotopic (exact) mass is 354 g/mol. The molecule has 2 heterocycles. The van der Waals surface area contributed by atoms with Crippen LogP contribution in [-0.4, -0.2) is 16.7 Å². The van der Waals surface area contributed by atoms with E-state index in [1.165, 1.54) is 4.88 Å². The number of methoxy groups -OCH3 is 1. The first-order chi connectivity index (χ1) is 9.17. The maximum atomic E-state index is 5.40. The Morgan fingerprint density at radius 3 is 2.89 bits per heavy atom. The summed E-state index contributed by atoms with van der Waals surface area (Å²) in [6.07, 6.45) is 0. The Bertz CT molecular complexity index is 787. The van der Waals surface area contributed by atoms with Crippen LogP contribution < -0.4 is 4.74 Å². The van der Waals surface area contributed by atoms with Crippen molar-refractivity contribution < 1.29 is 4.74 Å². The lowest BCUT2D eigenvalue weighted by atomic mass is 10.3. The number of H-pyrrole nitrogens is 1. The molecule has 0 aliphatic rings. The fraction of sp³-hybridized carbons (Fsp3) is 0.154. The lowest BCUT2D eigenvalue weighted by Gasteiger charge is -2.03. The van der Waals surface area contributed by atoms with Gasteiger partial charge < -0.3 is 14.3 Å². The molecule has 0 atom stereocenters. The highest BCUT2D eigenvalue weighted by Crippen LogP contribution is 2.25. The van der Waals surface area contributed by atoms with E-state index in [0.29, 0.717) is 0 Å². The van der Waals surface area contributed by atoms with Crippen molar-refractivity contribution >= 4 is 50.5 Å². The van der Waals surface area contributed by atoms with Crippen LogP contribution in [0.1, 0.15) is 4.88 Å². The summed E-state index contributed by atoms with van der Waals surface area (Å²) in [6, 6.07) is 10.1. The molecule has 1 aromatic carbocycles. The quantitative estimate of drug-likeness (QED) is 0.697. The molecule has 0 saturated carbocycles. The summed E-state index contributed by atoms with van der Waals surface area (Å²) < 4.78 is 9.19. The maximum absolute atomic E-state index is 5.40. The molecule has 0 bridgehead atoms. The fourth-order valence-corrected chi connectivity index (χ4v) is 3.76. The van der Waals surface area contributed by atoms with Crippen molar-refractivity contribution in [2.24, 2.45) is 0 Å². The molecular weight excluding hydrogens is 344 g/mol. The topological polar surface area (TPSA) is 29.9 Å². The highest BCUT2D eigenvalue weighted by molar-refractivity contribution is 9.11. The van der Waals surface area contributed by atoms with Gasteiger partial charge in [-0.1, -0.05) is 0 Å². The van der Waals surface area contributed by atoms with E-state index in [2.05, 4.69) is 37.6 Å². The third-order valence-corrected chi connectivity index (χ3v) is 4.85. The zero-order valence-corrected chi connectivity index (χ0v) is 13.4. The Morgan fingerprint density at radius 2 is 2.21 bits per heavy atom. The van der Waals surface area contributed by atoms with Gasteiger partial charge >= 0.3 is 0 Å². The van der Waals surface area contributed by atoms with Crippen LogP contribution in [0.3, 0.4) is 0 Å². The van der Waals surface area contributed by atoms with Crippen molar-refractivity contribution in [2.75, 3.05) is 7.11 Å². The molecule has 0 spiro atoms.